The number of carbonyl (C=O) groups excluding carboxylic acids is 1. The van der Waals surface area contributed by atoms with E-state index in [2.05, 4.69) is 12.0 Å². The Bertz CT molecular complexity index is 746. The van der Waals surface area contributed by atoms with Gasteiger partial charge in [0.15, 0.2) is 0 Å². The summed E-state index contributed by atoms with van der Waals surface area (Å²) < 4.78 is 9.91. The molecule has 25 heavy (non-hydrogen) atoms. The van der Waals surface area contributed by atoms with Crippen LogP contribution in [-0.4, -0.2) is 44.9 Å². The summed E-state index contributed by atoms with van der Waals surface area (Å²) in [7, 11) is 1.91. The van der Waals surface area contributed by atoms with E-state index in [0.29, 0.717) is 13.2 Å². The first-order chi connectivity index (χ1) is 12.2. The van der Waals surface area contributed by atoms with Crippen LogP contribution in [0.1, 0.15) is 47.6 Å². The fraction of sp³-hybridized carbons (Fsp3) is 0.579. The van der Waals surface area contributed by atoms with E-state index in [1.807, 2.05) is 45.7 Å². The minimum Gasteiger partial charge on any atom is -0.379 e. The summed E-state index contributed by atoms with van der Waals surface area (Å²) in [5.74, 6) is 0.790. The molecule has 1 aliphatic heterocycles. The predicted molar refractivity (Wildman–Crippen MR) is 94.3 cm³/mol. The lowest BCUT2D eigenvalue weighted by Crippen LogP contribution is -2.43. The SMILES string of the molecule is CCn1ncc2c1C(COCC1CC1)N(C(=O)c1cccn1C)CC2. The van der Waals surface area contributed by atoms with Gasteiger partial charge in [0, 0.05) is 32.9 Å². The number of nitrogens with zero attached hydrogens (tertiary/aromatic N) is 4. The Labute approximate surface area is 148 Å². The lowest BCUT2D eigenvalue weighted by molar-refractivity contribution is 0.0339. The fourth-order valence-corrected chi connectivity index (χ4v) is 3.68. The van der Waals surface area contributed by atoms with Crippen molar-refractivity contribution in [2.24, 2.45) is 13.0 Å². The van der Waals surface area contributed by atoms with Crippen LogP contribution in [0.5, 0.6) is 0 Å². The zero-order valence-electron chi connectivity index (χ0n) is 15.0. The lowest BCUT2D eigenvalue weighted by atomic mass is 9.99. The minimum atomic E-state index is -0.0626. The van der Waals surface area contributed by atoms with Gasteiger partial charge in [-0.05, 0) is 49.8 Å². The first-order valence-electron chi connectivity index (χ1n) is 9.23. The highest BCUT2D eigenvalue weighted by Crippen LogP contribution is 2.33. The molecule has 1 unspecified atom stereocenters. The number of amides is 1. The van der Waals surface area contributed by atoms with Crippen LogP contribution in [0.25, 0.3) is 0 Å². The summed E-state index contributed by atoms with van der Waals surface area (Å²) >= 11 is 0. The van der Waals surface area contributed by atoms with Gasteiger partial charge < -0.3 is 14.2 Å². The van der Waals surface area contributed by atoms with Gasteiger partial charge in [-0.2, -0.15) is 5.10 Å². The maximum Gasteiger partial charge on any atom is 0.271 e. The van der Waals surface area contributed by atoms with Crippen molar-refractivity contribution in [3.63, 3.8) is 0 Å². The molecular weight excluding hydrogens is 316 g/mol. The van der Waals surface area contributed by atoms with Crippen molar-refractivity contribution in [1.82, 2.24) is 19.2 Å². The zero-order chi connectivity index (χ0) is 17.4. The number of carbonyl (C=O) groups is 1. The van der Waals surface area contributed by atoms with Crippen LogP contribution in [0.15, 0.2) is 24.5 Å². The molecule has 3 heterocycles. The largest absolute Gasteiger partial charge is 0.379 e. The molecule has 1 atom stereocenters. The molecule has 134 valence electrons. The first kappa shape index (κ1) is 16.4. The number of aromatic nitrogens is 3. The Hall–Kier alpha value is -2.08. The molecule has 6 heteroatoms. The standard InChI is InChI=1S/C19H26N4O2/c1-3-23-18-15(11-20-23)8-10-22(17(18)13-25-12-14-6-7-14)19(24)16-5-4-9-21(16)2/h4-5,9,11,14,17H,3,6-8,10,12-13H2,1-2H3. The molecule has 0 N–H and O–H groups in total. The van der Waals surface area contributed by atoms with Gasteiger partial charge in [-0.25, -0.2) is 0 Å². The van der Waals surface area contributed by atoms with Crippen LogP contribution in [0.2, 0.25) is 0 Å². The van der Waals surface area contributed by atoms with E-state index in [0.717, 1.165) is 36.9 Å². The molecule has 1 saturated carbocycles. The van der Waals surface area contributed by atoms with E-state index in [1.165, 1.54) is 18.4 Å². The fourth-order valence-electron chi connectivity index (χ4n) is 3.68. The Morgan fingerprint density at radius 3 is 2.88 bits per heavy atom. The van der Waals surface area contributed by atoms with Crippen LogP contribution >= 0.6 is 0 Å². The van der Waals surface area contributed by atoms with E-state index in [-0.39, 0.29) is 11.9 Å². The molecular formula is C19H26N4O2. The van der Waals surface area contributed by atoms with Crippen LogP contribution in [0, 0.1) is 5.92 Å². The summed E-state index contributed by atoms with van der Waals surface area (Å²) in [5.41, 5.74) is 3.11. The van der Waals surface area contributed by atoms with Crippen molar-refractivity contribution < 1.29 is 9.53 Å². The molecule has 2 aromatic heterocycles. The van der Waals surface area contributed by atoms with Gasteiger partial charge in [0.1, 0.15) is 5.69 Å². The average Bonchev–Trinajstić information content (AvgIpc) is 3.18. The van der Waals surface area contributed by atoms with E-state index >= 15 is 0 Å². The zero-order valence-corrected chi connectivity index (χ0v) is 15.0. The van der Waals surface area contributed by atoms with Crippen molar-refractivity contribution in [2.75, 3.05) is 19.8 Å². The van der Waals surface area contributed by atoms with Crippen molar-refractivity contribution in [2.45, 2.75) is 38.8 Å². The molecule has 0 saturated heterocycles. The second kappa shape index (κ2) is 6.67. The summed E-state index contributed by atoms with van der Waals surface area (Å²) in [6, 6.07) is 3.74. The van der Waals surface area contributed by atoms with Crippen molar-refractivity contribution in [3.05, 3.63) is 41.5 Å². The highest BCUT2D eigenvalue weighted by molar-refractivity contribution is 5.93. The van der Waals surface area contributed by atoms with Gasteiger partial charge >= 0.3 is 0 Å². The third-order valence-electron chi connectivity index (χ3n) is 5.32. The number of ether oxygens (including phenoxy) is 1. The Balaban J connectivity index is 1.62. The average molecular weight is 342 g/mol. The quantitative estimate of drug-likeness (QED) is 0.810. The molecule has 1 amide bonds. The van der Waals surface area contributed by atoms with E-state index in [9.17, 15) is 4.79 Å². The summed E-state index contributed by atoms with van der Waals surface area (Å²) in [5, 5.41) is 4.51. The van der Waals surface area contributed by atoms with E-state index in [4.69, 9.17) is 4.74 Å². The number of hydrogen-bond donors (Lipinski definition) is 0. The Morgan fingerprint density at radius 2 is 2.20 bits per heavy atom. The molecule has 2 aromatic rings. The molecule has 1 fully saturated rings. The van der Waals surface area contributed by atoms with Gasteiger partial charge in [-0.15, -0.1) is 0 Å². The maximum absolute atomic E-state index is 13.2. The van der Waals surface area contributed by atoms with Gasteiger partial charge in [-0.3, -0.25) is 9.48 Å². The monoisotopic (exact) mass is 342 g/mol. The van der Waals surface area contributed by atoms with Gasteiger partial charge in [0.2, 0.25) is 0 Å². The van der Waals surface area contributed by atoms with E-state index < -0.39 is 0 Å². The number of rotatable bonds is 6. The molecule has 0 bridgehead atoms. The van der Waals surface area contributed by atoms with Gasteiger partial charge in [0.05, 0.1) is 24.5 Å². The molecule has 2 aliphatic rings. The number of aryl methyl sites for hydroxylation is 2. The third-order valence-corrected chi connectivity index (χ3v) is 5.32. The van der Waals surface area contributed by atoms with Crippen molar-refractivity contribution in [1.29, 1.82) is 0 Å². The smallest absolute Gasteiger partial charge is 0.271 e. The minimum absolute atomic E-state index is 0.0626. The summed E-state index contributed by atoms with van der Waals surface area (Å²) in [6.07, 6.45) is 7.27. The lowest BCUT2D eigenvalue weighted by Gasteiger charge is -2.36. The van der Waals surface area contributed by atoms with Crippen LogP contribution in [0.3, 0.4) is 0 Å². The third kappa shape index (κ3) is 3.11. The van der Waals surface area contributed by atoms with Crippen LogP contribution in [-0.2, 0) is 24.8 Å². The molecule has 0 spiro atoms. The maximum atomic E-state index is 13.2. The molecule has 6 nitrogen and oxygen atoms in total. The van der Waals surface area contributed by atoms with Crippen LogP contribution in [0.4, 0.5) is 0 Å². The number of hydrogen-bond acceptors (Lipinski definition) is 3. The van der Waals surface area contributed by atoms with Crippen molar-refractivity contribution >= 4 is 5.91 Å². The molecule has 0 aromatic carbocycles. The highest BCUT2D eigenvalue weighted by Gasteiger charge is 2.35. The van der Waals surface area contributed by atoms with E-state index in [1.54, 1.807) is 0 Å². The number of fused-ring (bicyclic) bond motifs is 1. The highest BCUT2D eigenvalue weighted by atomic mass is 16.5. The van der Waals surface area contributed by atoms with Gasteiger partial charge in [-0.1, -0.05) is 0 Å². The Morgan fingerprint density at radius 1 is 1.36 bits per heavy atom. The first-order valence-corrected chi connectivity index (χ1v) is 9.23. The van der Waals surface area contributed by atoms with Gasteiger partial charge in [0.25, 0.3) is 5.91 Å². The molecule has 1 aliphatic carbocycles. The predicted octanol–water partition coefficient (Wildman–Crippen LogP) is 2.41. The summed E-state index contributed by atoms with van der Waals surface area (Å²) in [4.78, 5) is 15.1. The molecule has 4 rings (SSSR count). The molecule has 0 radical (unpaired) electrons. The summed E-state index contributed by atoms with van der Waals surface area (Å²) in [6.45, 7) is 4.96. The Kier molecular flexibility index (Phi) is 4.37. The topological polar surface area (TPSA) is 52.3 Å². The normalized spacial score (nSPS) is 19.9. The second-order valence-electron chi connectivity index (χ2n) is 7.12. The van der Waals surface area contributed by atoms with Crippen LogP contribution < -0.4 is 0 Å². The van der Waals surface area contributed by atoms with Crippen molar-refractivity contribution in [3.8, 4) is 0 Å². The second-order valence-corrected chi connectivity index (χ2v) is 7.12.